The predicted molar refractivity (Wildman–Crippen MR) is 94.2 cm³/mol. The number of carboxylic acids is 1. The van der Waals surface area contributed by atoms with Crippen molar-refractivity contribution in [3.8, 4) is 0 Å². The lowest BCUT2D eigenvalue weighted by atomic mass is 10.1. The largest absolute Gasteiger partial charge is 0.481 e. The van der Waals surface area contributed by atoms with Crippen molar-refractivity contribution in [3.05, 3.63) is 30.3 Å². The third-order valence-electron chi connectivity index (χ3n) is 4.98. The van der Waals surface area contributed by atoms with Gasteiger partial charge < -0.3 is 15.3 Å². The van der Waals surface area contributed by atoms with Crippen LogP contribution in [0.2, 0.25) is 0 Å². The van der Waals surface area contributed by atoms with Crippen LogP contribution in [0.1, 0.15) is 32.1 Å². The van der Waals surface area contributed by atoms with Gasteiger partial charge in [0, 0.05) is 29.3 Å². The first-order valence-electron chi connectivity index (χ1n) is 8.58. The normalized spacial score (nSPS) is 22.5. The second kappa shape index (κ2) is 7.47. The summed E-state index contributed by atoms with van der Waals surface area (Å²) in [5, 5.41) is 12.1. The second-order valence-electron chi connectivity index (χ2n) is 6.73. The molecule has 1 atom stereocenters. The summed E-state index contributed by atoms with van der Waals surface area (Å²) in [6, 6.07) is 10.2. The van der Waals surface area contributed by atoms with Gasteiger partial charge in [0.25, 0.3) is 0 Å². The third-order valence-corrected chi connectivity index (χ3v) is 6.47. The Bertz CT molecular complexity index is 587. The number of amides is 2. The molecular weight excluding hydrogens is 324 g/mol. The van der Waals surface area contributed by atoms with E-state index in [1.165, 1.54) is 17.7 Å². The molecule has 130 valence electrons. The Morgan fingerprint density at radius 1 is 1.25 bits per heavy atom. The molecule has 0 spiro atoms. The number of urea groups is 1. The van der Waals surface area contributed by atoms with Crippen LogP contribution >= 0.6 is 11.8 Å². The van der Waals surface area contributed by atoms with Crippen molar-refractivity contribution in [3.63, 3.8) is 0 Å². The van der Waals surface area contributed by atoms with Crippen LogP contribution in [0.25, 0.3) is 0 Å². The predicted octanol–water partition coefficient (Wildman–Crippen LogP) is 3.21. The summed E-state index contributed by atoms with van der Waals surface area (Å²) >= 11 is 1.86. The molecule has 1 heterocycles. The van der Waals surface area contributed by atoms with Gasteiger partial charge in [0.1, 0.15) is 0 Å². The fourth-order valence-corrected chi connectivity index (χ4v) is 5.00. The molecular formula is C18H24N2O3S. The van der Waals surface area contributed by atoms with E-state index in [0.717, 1.165) is 12.8 Å². The molecule has 1 saturated heterocycles. The van der Waals surface area contributed by atoms with E-state index in [1.807, 2.05) is 30.0 Å². The van der Waals surface area contributed by atoms with Gasteiger partial charge in [0.2, 0.25) is 0 Å². The average Bonchev–Trinajstić information content (AvgIpc) is 3.24. The number of carbonyl (C=O) groups excluding carboxylic acids is 1. The van der Waals surface area contributed by atoms with Crippen LogP contribution in [0, 0.1) is 5.92 Å². The number of carbonyl (C=O) groups is 2. The molecule has 0 aromatic heterocycles. The lowest BCUT2D eigenvalue weighted by Gasteiger charge is -2.30. The highest BCUT2D eigenvalue weighted by molar-refractivity contribution is 8.00. The van der Waals surface area contributed by atoms with Crippen LogP contribution < -0.4 is 5.32 Å². The van der Waals surface area contributed by atoms with Crippen LogP contribution in [0.15, 0.2) is 35.2 Å². The van der Waals surface area contributed by atoms with Crippen molar-refractivity contribution < 1.29 is 14.7 Å². The molecule has 1 saturated carbocycles. The monoisotopic (exact) mass is 348 g/mol. The van der Waals surface area contributed by atoms with Gasteiger partial charge in [0.05, 0.1) is 5.92 Å². The summed E-state index contributed by atoms with van der Waals surface area (Å²) in [6.07, 6.45) is 5.14. The van der Waals surface area contributed by atoms with E-state index in [0.29, 0.717) is 26.1 Å². The molecule has 1 unspecified atom stereocenters. The molecule has 2 fully saturated rings. The Kier molecular flexibility index (Phi) is 5.33. The van der Waals surface area contributed by atoms with Crippen LogP contribution in [0.4, 0.5) is 4.79 Å². The number of aliphatic carboxylic acids is 1. The summed E-state index contributed by atoms with van der Waals surface area (Å²) < 4.78 is 0.0585. The number of hydrogen-bond donors (Lipinski definition) is 2. The van der Waals surface area contributed by atoms with E-state index in [2.05, 4.69) is 17.4 Å². The summed E-state index contributed by atoms with van der Waals surface area (Å²) in [5.74, 6) is -1.23. The number of thioether (sulfide) groups is 1. The lowest BCUT2D eigenvalue weighted by Crippen LogP contribution is -2.45. The smallest absolute Gasteiger partial charge is 0.317 e. The molecule has 0 radical (unpaired) electrons. The molecule has 0 bridgehead atoms. The van der Waals surface area contributed by atoms with Gasteiger partial charge in [-0.15, -0.1) is 11.8 Å². The SMILES string of the molecule is O=C(O)C1CCN(C(=O)NCC2(Sc3ccccc3)CCCC2)C1. The molecule has 2 N–H and O–H groups in total. The van der Waals surface area contributed by atoms with Gasteiger partial charge in [-0.05, 0) is 31.4 Å². The fourth-order valence-electron chi connectivity index (χ4n) is 3.57. The van der Waals surface area contributed by atoms with Crippen molar-refractivity contribution in [2.75, 3.05) is 19.6 Å². The van der Waals surface area contributed by atoms with Crippen molar-refractivity contribution in [2.24, 2.45) is 5.92 Å². The lowest BCUT2D eigenvalue weighted by molar-refractivity contribution is -0.141. The molecule has 1 aliphatic heterocycles. The molecule has 3 rings (SSSR count). The van der Waals surface area contributed by atoms with Crippen LogP contribution in [0.5, 0.6) is 0 Å². The van der Waals surface area contributed by atoms with Crippen LogP contribution in [-0.4, -0.2) is 46.4 Å². The Morgan fingerprint density at radius 3 is 2.58 bits per heavy atom. The summed E-state index contributed by atoms with van der Waals surface area (Å²) in [4.78, 5) is 26.3. The van der Waals surface area contributed by atoms with E-state index in [1.54, 1.807) is 4.90 Å². The first kappa shape index (κ1) is 17.1. The van der Waals surface area contributed by atoms with Gasteiger partial charge in [0.15, 0.2) is 0 Å². The van der Waals surface area contributed by atoms with Gasteiger partial charge in [-0.25, -0.2) is 4.79 Å². The maximum absolute atomic E-state index is 12.4. The van der Waals surface area contributed by atoms with Crippen LogP contribution in [-0.2, 0) is 4.79 Å². The summed E-state index contributed by atoms with van der Waals surface area (Å²) in [6.45, 7) is 1.49. The zero-order valence-electron chi connectivity index (χ0n) is 13.7. The Balaban J connectivity index is 1.56. The zero-order valence-corrected chi connectivity index (χ0v) is 14.6. The second-order valence-corrected chi connectivity index (χ2v) is 8.28. The molecule has 1 aromatic carbocycles. The quantitative estimate of drug-likeness (QED) is 0.857. The van der Waals surface area contributed by atoms with E-state index < -0.39 is 11.9 Å². The highest BCUT2D eigenvalue weighted by Crippen LogP contribution is 2.44. The fraction of sp³-hybridized carbons (Fsp3) is 0.556. The maximum atomic E-state index is 12.4. The van der Waals surface area contributed by atoms with Crippen molar-refractivity contribution in [2.45, 2.75) is 41.7 Å². The van der Waals surface area contributed by atoms with Crippen molar-refractivity contribution in [1.29, 1.82) is 0 Å². The number of nitrogens with zero attached hydrogens (tertiary/aromatic N) is 1. The van der Waals surface area contributed by atoms with E-state index in [-0.39, 0.29) is 10.8 Å². The van der Waals surface area contributed by atoms with Gasteiger partial charge >= 0.3 is 12.0 Å². The minimum Gasteiger partial charge on any atom is -0.481 e. The molecule has 6 heteroatoms. The maximum Gasteiger partial charge on any atom is 0.317 e. The van der Waals surface area contributed by atoms with Crippen molar-refractivity contribution in [1.82, 2.24) is 10.2 Å². The van der Waals surface area contributed by atoms with Crippen molar-refractivity contribution >= 4 is 23.8 Å². The minimum absolute atomic E-state index is 0.0585. The highest BCUT2D eigenvalue weighted by Gasteiger charge is 2.37. The minimum atomic E-state index is -0.808. The number of benzene rings is 1. The Labute approximate surface area is 146 Å². The topological polar surface area (TPSA) is 69.6 Å². The van der Waals surface area contributed by atoms with Gasteiger partial charge in [-0.3, -0.25) is 4.79 Å². The first-order chi connectivity index (χ1) is 11.6. The van der Waals surface area contributed by atoms with E-state index in [9.17, 15) is 9.59 Å². The molecule has 5 nitrogen and oxygen atoms in total. The third kappa shape index (κ3) is 4.04. The van der Waals surface area contributed by atoms with E-state index in [4.69, 9.17) is 5.11 Å². The zero-order chi connectivity index (χ0) is 17.0. The number of rotatable bonds is 5. The molecule has 2 amide bonds. The Hall–Kier alpha value is -1.69. The summed E-state index contributed by atoms with van der Waals surface area (Å²) in [7, 11) is 0. The highest BCUT2D eigenvalue weighted by atomic mass is 32.2. The number of hydrogen-bond acceptors (Lipinski definition) is 3. The standard InChI is InChI=1S/C18H24N2O3S/c21-16(22)14-8-11-20(12-14)17(23)19-13-18(9-4-5-10-18)24-15-6-2-1-3-7-15/h1-3,6-7,14H,4-5,8-13H2,(H,19,23)(H,21,22). The molecule has 1 aromatic rings. The molecule has 2 aliphatic rings. The van der Waals surface area contributed by atoms with Gasteiger partial charge in [-0.2, -0.15) is 0 Å². The number of likely N-dealkylation sites (tertiary alicyclic amines) is 1. The first-order valence-corrected chi connectivity index (χ1v) is 9.39. The number of nitrogens with one attached hydrogen (secondary N) is 1. The molecule has 1 aliphatic carbocycles. The van der Waals surface area contributed by atoms with E-state index >= 15 is 0 Å². The number of carboxylic acid groups (broad SMARTS) is 1. The summed E-state index contributed by atoms with van der Waals surface area (Å²) in [5.41, 5.74) is 0. The average molecular weight is 348 g/mol. The van der Waals surface area contributed by atoms with Crippen LogP contribution in [0.3, 0.4) is 0 Å². The Morgan fingerprint density at radius 2 is 1.96 bits per heavy atom. The molecule has 24 heavy (non-hydrogen) atoms. The van der Waals surface area contributed by atoms with Gasteiger partial charge in [-0.1, -0.05) is 31.0 Å².